The van der Waals surface area contributed by atoms with Crippen molar-refractivity contribution in [2.24, 2.45) is 0 Å². The highest BCUT2D eigenvalue weighted by molar-refractivity contribution is 6.02. The van der Waals surface area contributed by atoms with Crippen LogP contribution >= 0.6 is 0 Å². The summed E-state index contributed by atoms with van der Waals surface area (Å²) in [6.45, 7) is 0.507. The molecule has 0 radical (unpaired) electrons. The average molecular weight is 446 g/mol. The van der Waals surface area contributed by atoms with Crippen molar-refractivity contribution in [3.63, 3.8) is 0 Å². The van der Waals surface area contributed by atoms with Gasteiger partial charge >= 0.3 is 0 Å². The Bertz CT molecular complexity index is 1210. The second-order valence-corrected chi connectivity index (χ2v) is 7.90. The molecule has 0 saturated heterocycles. The van der Waals surface area contributed by atoms with Gasteiger partial charge in [-0.15, -0.1) is 0 Å². The first-order valence-corrected chi connectivity index (χ1v) is 11.0. The van der Waals surface area contributed by atoms with Crippen LogP contribution in [0.1, 0.15) is 17.5 Å². The fraction of sp³-hybridized carbons (Fsp3) is 0.259. The highest BCUT2D eigenvalue weighted by Gasteiger charge is 2.19. The zero-order valence-corrected chi connectivity index (χ0v) is 18.8. The summed E-state index contributed by atoms with van der Waals surface area (Å²) >= 11 is 0. The second kappa shape index (κ2) is 10.4. The van der Waals surface area contributed by atoms with Gasteiger partial charge in [0.05, 0.1) is 11.5 Å². The number of hydrogen-bond donors (Lipinski definition) is 0. The van der Waals surface area contributed by atoms with Crippen LogP contribution in [0.2, 0.25) is 0 Å². The zero-order chi connectivity index (χ0) is 23.2. The smallest absolute Gasteiger partial charge is 0.273 e. The maximum atomic E-state index is 11.4. The Morgan fingerprint density at radius 3 is 2.12 bits per heavy atom. The summed E-state index contributed by atoms with van der Waals surface area (Å²) < 4.78 is 16.4. The molecular formula is C27H27NO5. The molecule has 0 saturated carbocycles. The first kappa shape index (κ1) is 22.7. The van der Waals surface area contributed by atoms with Gasteiger partial charge in [0, 0.05) is 32.3 Å². The molecule has 0 aliphatic carbocycles. The third kappa shape index (κ3) is 5.13. The van der Waals surface area contributed by atoms with Crippen LogP contribution in [0.5, 0.6) is 5.75 Å². The van der Waals surface area contributed by atoms with Crippen LogP contribution in [0, 0.1) is 10.1 Å². The Morgan fingerprint density at radius 1 is 0.879 bits per heavy atom. The largest absolute Gasteiger partial charge is 0.494 e. The molecule has 0 aliphatic rings. The molecule has 6 heteroatoms. The molecule has 170 valence electrons. The maximum Gasteiger partial charge on any atom is 0.273 e. The number of hydrogen-bond acceptors (Lipinski definition) is 5. The van der Waals surface area contributed by atoms with Crippen molar-refractivity contribution in [1.29, 1.82) is 0 Å². The molecule has 0 spiro atoms. The van der Waals surface area contributed by atoms with Gasteiger partial charge < -0.3 is 14.2 Å². The second-order valence-electron chi connectivity index (χ2n) is 7.90. The van der Waals surface area contributed by atoms with Crippen molar-refractivity contribution >= 4 is 27.2 Å². The molecule has 0 N–H and O–H groups in total. The number of nitro groups is 1. The molecule has 0 fully saturated rings. The highest BCUT2D eigenvalue weighted by atomic mass is 16.7. The van der Waals surface area contributed by atoms with Gasteiger partial charge in [0.1, 0.15) is 5.75 Å². The summed E-state index contributed by atoms with van der Waals surface area (Å²) in [6, 6.07) is 24.0. The molecule has 4 aromatic carbocycles. The minimum atomic E-state index is -0.557. The predicted molar refractivity (Wildman–Crippen MR) is 130 cm³/mol. The van der Waals surface area contributed by atoms with Crippen LogP contribution in [-0.2, 0) is 22.3 Å². The topological polar surface area (TPSA) is 70.8 Å². The fourth-order valence-electron chi connectivity index (χ4n) is 4.25. The molecule has 4 aromatic rings. The van der Waals surface area contributed by atoms with Gasteiger partial charge in [0.2, 0.25) is 0 Å². The molecule has 33 heavy (non-hydrogen) atoms. The third-order valence-electron chi connectivity index (χ3n) is 5.88. The van der Waals surface area contributed by atoms with E-state index in [0.717, 1.165) is 12.8 Å². The van der Waals surface area contributed by atoms with E-state index in [1.54, 1.807) is 12.1 Å². The summed E-state index contributed by atoms with van der Waals surface area (Å²) in [5.41, 5.74) is 1.87. The van der Waals surface area contributed by atoms with E-state index < -0.39 is 11.2 Å². The Morgan fingerprint density at radius 2 is 1.52 bits per heavy atom. The van der Waals surface area contributed by atoms with Crippen molar-refractivity contribution < 1.29 is 19.1 Å². The summed E-state index contributed by atoms with van der Waals surface area (Å²) in [7, 11) is 3.02. The van der Waals surface area contributed by atoms with Gasteiger partial charge in [-0.05, 0) is 58.1 Å². The normalized spacial score (nSPS) is 11.4. The third-order valence-corrected chi connectivity index (χ3v) is 5.88. The first-order chi connectivity index (χ1) is 16.1. The van der Waals surface area contributed by atoms with Gasteiger partial charge in [-0.1, -0.05) is 48.5 Å². The monoisotopic (exact) mass is 445 g/mol. The molecule has 0 atom stereocenters. The number of ether oxygens (including phenoxy) is 3. The van der Waals surface area contributed by atoms with E-state index in [1.165, 1.54) is 47.4 Å². The van der Waals surface area contributed by atoms with Gasteiger partial charge in [0.15, 0.2) is 6.29 Å². The van der Waals surface area contributed by atoms with Crippen LogP contribution in [-0.4, -0.2) is 32.0 Å². The van der Waals surface area contributed by atoms with E-state index in [9.17, 15) is 10.1 Å². The SMILES string of the molecule is COC(Cc1cc(OCCCc2c3ccccc3cc3ccccc23)ccc1[N+](=O)[O-])OC. The maximum absolute atomic E-state index is 11.4. The first-order valence-electron chi connectivity index (χ1n) is 11.0. The summed E-state index contributed by atoms with van der Waals surface area (Å²) in [4.78, 5) is 11.0. The fourth-order valence-corrected chi connectivity index (χ4v) is 4.25. The van der Waals surface area contributed by atoms with Gasteiger partial charge in [-0.3, -0.25) is 10.1 Å². The van der Waals surface area contributed by atoms with E-state index in [1.807, 2.05) is 0 Å². The molecule has 0 aromatic heterocycles. The van der Waals surface area contributed by atoms with Crippen molar-refractivity contribution in [3.05, 3.63) is 94.0 Å². The molecule has 6 nitrogen and oxygen atoms in total. The number of nitrogens with zero attached hydrogens (tertiary/aromatic N) is 1. The molecule has 0 unspecified atom stereocenters. The lowest BCUT2D eigenvalue weighted by Crippen LogP contribution is -2.17. The average Bonchev–Trinajstić information content (AvgIpc) is 2.84. The number of fused-ring (bicyclic) bond motifs is 2. The lowest BCUT2D eigenvalue weighted by atomic mass is 9.94. The number of methoxy groups -OCH3 is 2. The van der Waals surface area contributed by atoms with Crippen LogP contribution in [0.3, 0.4) is 0 Å². The Balaban J connectivity index is 1.49. The zero-order valence-electron chi connectivity index (χ0n) is 18.8. The standard InChI is InChI=1S/C27H27NO5/c1-31-27(32-2)18-21-17-22(13-14-26(21)28(29)30)33-15-7-12-25-23-10-5-3-8-19(23)16-20-9-4-6-11-24(20)25/h3-6,8-11,13-14,16-17,27H,7,12,15,18H2,1-2H3. The van der Waals surface area contributed by atoms with Crippen molar-refractivity contribution in [2.45, 2.75) is 25.6 Å². The van der Waals surface area contributed by atoms with Crippen LogP contribution < -0.4 is 4.74 Å². The van der Waals surface area contributed by atoms with Crippen molar-refractivity contribution in [2.75, 3.05) is 20.8 Å². The summed E-state index contributed by atoms with van der Waals surface area (Å²) in [5.74, 6) is 0.601. The Kier molecular flexibility index (Phi) is 7.17. The van der Waals surface area contributed by atoms with Gasteiger partial charge in [-0.25, -0.2) is 0 Å². The van der Waals surface area contributed by atoms with E-state index >= 15 is 0 Å². The van der Waals surface area contributed by atoms with Crippen molar-refractivity contribution in [1.82, 2.24) is 0 Å². The number of aryl methyl sites for hydroxylation is 1. The highest BCUT2D eigenvalue weighted by Crippen LogP contribution is 2.30. The van der Waals surface area contributed by atoms with E-state index in [2.05, 4.69) is 54.6 Å². The van der Waals surface area contributed by atoms with E-state index in [0.29, 0.717) is 17.9 Å². The summed E-state index contributed by atoms with van der Waals surface area (Å²) in [6.07, 6.45) is 1.40. The predicted octanol–water partition coefficient (Wildman–Crippen LogP) is 6.07. The van der Waals surface area contributed by atoms with Gasteiger partial charge in [-0.2, -0.15) is 0 Å². The van der Waals surface area contributed by atoms with Gasteiger partial charge in [0.25, 0.3) is 5.69 Å². The summed E-state index contributed by atoms with van der Waals surface area (Å²) in [5, 5.41) is 16.4. The van der Waals surface area contributed by atoms with E-state index in [-0.39, 0.29) is 12.1 Å². The van der Waals surface area contributed by atoms with E-state index in [4.69, 9.17) is 14.2 Å². The lowest BCUT2D eigenvalue weighted by Gasteiger charge is -2.15. The molecule has 0 aliphatic heterocycles. The number of nitro benzene ring substituents is 1. The molecule has 4 rings (SSSR count). The molecule has 0 heterocycles. The van der Waals surface area contributed by atoms with Crippen LogP contribution in [0.4, 0.5) is 5.69 Å². The molecular weight excluding hydrogens is 418 g/mol. The number of rotatable bonds is 10. The molecule has 0 bridgehead atoms. The Hall–Kier alpha value is -3.48. The minimum Gasteiger partial charge on any atom is -0.494 e. The minimum absolute atomic E-state index is 0.0312. The van der Waals surface area contributed by atoms with Crippen LogP contribution in [0.15, 0.2) is 72.8 Å². The Labute approximate surface area is 192 Å². The van der Waals surface area contributed by atoms with Crippen LogP contribution in [0.25, 0.3) is 21.5 Å². The number of benzene rings is 4. The molecule has 0 amide bonds. The van der Waals surface area contributed by atoms with Crippen molar-refractivity contribution in [3.8, 4) is 5.75 Å². The quantitative estimate of drug-likeness (QED) is 0.0973. The lowest BCUT2D eigenvalue weighted by molar-refractivity contribution is -0.385.